The largest absolute Gasteiger partial charge is 0.496 e. The number of hydrogen-bond acceptors (Lipinski definition) is 4. The van der Waals surface area contributed by atoms with Crippen LogP contribution in [0.2, 0.25) is 0 Å². The lowest BCUT2D eigenvalue weighted by atomic mass is 9.98. The van der Waals surface area contributed by atoms with Gasteiger partial charge in [-0.05, 0) is 36.6 Å². The van der Waals surface area contributed by atoms with Crippen LogP contribution in [-0.2, 0) is 0 Å². The number of ketones is 1. The number of methoxy groups -OCH3 is 1. The van der Waals surface area contributed by atoms with Crippen LogP contribution in [0.15, 0.2) is 67.0 Å². The molecule has 0 saturated heterocycles. The van der Waals surface area contributed by atoms with Crippen molar-refractivity contribution in [3.8, 4) is 28.0 Å². The molecule has 1 unspecified atom stereocenters. The number of benzene rings is 2. The van der Waals surface area contributed by atoms with Crippen molar-refractivity contribution in [1.29, 1.82) is 0 Å². The Morgan fingerprint density at radius 1 is 1.10 bits per heavy atom. The van der Waals surface area contributed by atoms with Crippen molar-refractivity contribution < 1.29 is 14.6 Å². The second-order valence-corrected chi connectivity index (χ2v) is 7.63. The summed E-state index contributed by atoms with van der Waals surface area (Å²) in [5.74, 6) is 0.843. The van der Waals surface area contributed by atoms with Crippen LogP contribution >= 0.6 is 0 Å². The number of pyridine rings is 1. The van der Waals surface area contributed by atoms with Crippen LogP contribution in [0.5, 0.6) is 5.75 Å². The molecule has 158 valence electrons. The number of aliphatic hydroxyl groups excluding tert-OH is 1. The number of fused-ring (bicyclic) bond motifs is 1. The van der Waals surface area contributed by atoms with Crippen LogP contribution in [0.25, 0.3) is 33.3 Å². The highest BCUT2D eigenvalue weighted by Gasteiger charge is 2.14. The van der Waals surface area contributed by atoms with Gasteiger partial charge in [0.05, 0.1) is 13.2 Å². The Morgan fingerprint density at radius 3 is 2.74 bits per heavy atom. The summed E-state index contributed by atoms with van der Waals surface area (Å²) in [4.78, 5) is 20.4. The second-order valence-electron chi connectivity index (χ2n) is 7.63. The molecule has 0 aliphatic heterocycles. The quantitative estimate of drug-likeness (QED) is 0.366. The molecule has 1 atom stereocenters. The number of ether oxygens (including phenoxy) is 1. The lowest BCUT2D eigenvalue weighted by Crippen LogP contribution is -2.08. The molecule has 5 heteroatoms. The molecule has 0 amide bonds. The Hall–Kier alpha value is -3.44. The van der Waals surface area contributed by atoms with Gasteiger partial charge in [-0.2, -0.15) is 0 Å². The van der Waals surface area contributed by atoms with Crippen molar-refractivity contribution in [2.24, 2.45) is 0 Å². The van der Waals surface area contributed by atoms with Crippen molar-refractivity contribution in [2.45, 2.75) is 32.3 Å². The van der Waals surface area contributed by atoms with Gasteiger partial charge in [-0.1, -0.05) is 43.3 Å². The summed E-state index contributed by atoms with van der Waals surface area (Å²) >= 11 is 0. The maximum absolute atomic E-state index is 12.6. The van der Waals surface area contributed by atoms with E-state index in [1.807, 2.05) is 67.8 Å². The first-order valence-corrected chi connectivity index (χ1v) is 10.5. The highest BCUT2D eigenvalue weighted by Crippen LogP contribution is 2.36. The van der Waals surface area contributed by atoms with Crippen LogP contribution in [0, 0.1) is 0 Å². The highest BCUT2D eigenvalue weighted by molar-refractivity contribution is 5.99. The third-order valence-corrected chi connectivity index (χ3v) is 5.62. The summed E-state index contributed by atoms with van der Waals surface area (Å²) in [5.41, 5.74) is 5.33. The fourth-order valence-corrected chi connectivity index (χ4v) is 3.77. The van der Waals surface area contributed by atoms with Gasteiger partial charge in [0, 0.05) is 46.5 Å². The molecule has 2 aromatic carbocycles. The van der Waals surface area contributed by atoms with E-state index >= 15 is 0 Å². The van der Waals surface area contributed by atoms with Gasteiger partial charge in [-0.25, -0.2) is 4.98 Å². The van der Waals surface area contributed by atoms with Gasteiger partial charge >= 0.3 is 0 Å². The fraction of sp³-hybridized carbons (Fsp3) is 0.231. The number of nitrogens with one attached hydrogen (secondary N) is 1. The van der Waals surface area contributed by atoms with Crippen molar-refractivity contribution >= 4 is 16.8 Å². The fourth-order valence-electron chi connectivity index (χ4n) is 3.77. The Labute approximate surface area is 181 Å². The van der Waals surface area contributed by atoms with E-state index in [0.717, 1.165) is 39.0 Å². The molecule has 0 aliphatic carbocycles. The molecule has 0 saturated carbocycles. The topological polar surface area (TPSA) is 75.2 Å². The number of H-pyrrole nitrogens is 1. The number of carbonyl (C=O) groups is 1. The molecule has 0 fully saturated rings. The third kappa shape index (κ3) is 4.37. The molecule has 4 aromatic rings. The van der Waals surface area contributed by atoms with Crippen molar-refractivity contribution in [2.75, 3.05) is 7.11 Å². The number of aromatic amines is 1. The zero-order chi connectivity index (χ0) is 21.8. The number of aromatic nitrogens is 2. The van der Waals surface area contributed by atoms with Gasteiger partial charge in [0.2, 0.25) is 0 Å². The first kappa shape index (κ1) is 20.8. The first-order chi connectivity index (χ1) is 15.1. The molecule has 0 spiro atoms. The number of rotatable bonds is 8. The normalized spacial score (nSPS) is 12.1. The Morgan fingerprint density at radius 2 is 1.94 bits per heavy atom. The number of para-hydroxylation sites is 1. The van der Waals surface area contributed by atoms with Crippen LogP contribution in [-0.4, -0.2) is 34.1 Å². The standard InChI is InChI=1S/C26H26N2O3/c1-3-20(29)11-12-24(30)18-8-6-7-17(13-18)19-14-22-23(16-28-26(22)27-15-19)21-9-4-5-10-25(21)31-2/h4-10,13-16,20,29H,3,11-12H2,1-2H3,(H,27,28). The van der Waals surface area contributed by atoms with Gasteiger partial charge in [-0.3, -0.25) is 4.79 Å². The van der Waals surface area contributed by atoms with E-state index in [1.165, 1.54) is 0 Å². The number of Topliss-reactive ketones (excluding diaryl/α,β-unsaturated/α-hetero) is 1. The SMILES string of the molecule is CCC(O)CCC(=O)c1cccc(-c2cnc3[nH]cc(-c4ccccc4OC)c3c2)c1. The first-order valence-electron chi connectivity index (χ1n) is 10.5. The highest BCUT2D eigenvalue weighted by atomic mass is 16.5. The predicted molar refractivity (Wildman–Crippen MR) is 123 cm³/mol. The van der Waals surface area contributed by atoms with Gasteiger partial charge < -0.3 is 14.8 Å². The number of hydrogen-bond donors (Lipinski definition) is 2. The summed E-state index contributed by atoms with van der Waals surface area (Å²) in [6, 6.07) is 17.6. The summed E-state index contributed by atoms with van der Waals surface area (Å²) in [6.45, 7) is 1.92. The van der Waals surface area contributed by atoms with E-state index < -0.39 is 6.10 Å². The van der Waals surface area contributed by atoms with Crippen molar-refractivity contribution in [1.82, 2.24) is 9.97 Å². The zero-order valence-corrected chi connectivity index (χ0v) is 17.8. The molecule has 4 rings (SSSR count). The molecule has 5 nitrogen and oxygen atoms in total. The smallest absolute Gasteiger partial charge is 0.162 e. The lowest BCUT2D eigenvalue weighted by Gasteiger charge is -2.09. The minimum absolute atomic E-state index is 0.0414. The molecule has 31 heavy (non-hydrogen) atoms. The number of carbonyl (C=O) groups excluding carboxylic acids is 1. The molecule has 2 aromatic heterocycles. The lowest BCUT2D eigenvalue weighted by molar-refractivity contribution is 0.0937. The van der Waals surface area contributed by atoms with Gasteiger partial charge in [0.1, 0.15) is 11.4 Å². The summed E-state index contributed by atoms with van der Waals surface area (Å²) in [7, 11) is 1.67. The average molecular weight is 415 g/mol. The Kier molecular flexibility index (Phi) is 6.14. The van der Waals surface area contributed by atoms with Crippen molar-refractivity contribution in [3.63, 3.8) is 0 Å². The van der Waals surface area contributed by atoms with E-state index in [1.54, 1.807) is 7.11 Å². The monoisotopic (exact) mass is 414 g/mol. The van der Waals surface area contributed by atoms with Crippen LogP contribution in [0.1, 0.15) is 36.5 Å². The number of aliphatic hydroxyl groups is 1. The van der Waals surface area contributed by atoms with Gasteiger partial charge in [0.15, 0.2) is 5.78 Å². The van der Waals surface area contributed by atoms with E-state index in [-0.39, 0.29) is 5.78 Å². The van der Waals surface area contributed by atoms with Crippen LogP contribution < -0.4 is 4.74 Å². The van der Waals surface area contributed by atoms with Crippen molar-refractivity contribution in [3.05, 3.63) is 72.6 Å². The predicted octanol–water partition coefficient (Wildman–Crippen LogP) is 5.64. The van der Waals surface area contributed by atoms with E-state index in [9.17, 15) is 9.90 Å². The molecule has 2 heterocycles. The van der Waals surface area contributed by atoms with E-state index in [2.05, 4.69) is 16.0 Å². The molecule has 0 aliphatic rings. The molecular weight excluding hydrogens is 388 g/mol. The van der Waals surface area contributed by atoms with Gasteiger partial charge in [0.25, 0.3) is 0 Å². The maximum atomic E-state index is 12.6. The summed E-state index contributed by atoms with van der Waals surface area (Å²) in [5, 5.41) is 10.7. The molecular formula is C26H26N2O3. The maximum Gasteiger partial charge on any atom is 0.162 e. The van der Waals surface area contributed by atoms with Crippen LogP contribution in [0.3, 0.4) is 0 Å². The van der Waals surface area contributed by atoms with Gasteiger partial charge in [-0.15, -0.1) is 0 Å². The van der Waals surface area contributed by atoms with Crippen LogP contribution in [0.4, 0.5) is 0 Å². The summed E-state index contributed by atoms with van der Waals surface area (Å²) in [6.07, 6.45) is 4.81. The zero-order valence-electron chi connectivity index (χ0n) is 17.8. The molecule has 0 radical (unpaired) electrons. The van der Waals surface area contributed by atoms with E-state index in [0.29, 0.717) is 24.8 Å². The molecule has 2 N–H and O–H groups in total. The molecule has 0 bridgehead atoms. The average Bonchev–Trinajstić information content (AvgIpc) is 3.25. The minimum atomic E-state index is -0.430. The minimum Gasteiger partial charge on any atom is -0.496 e. The van der Waals surface area contributed by atoms with E-state index in [4.69, 9.17) is 4.74 Å². The number of nitrogens with zero attached hydrogens (tertiary/aromatic N) is 1. The Bertz CT molecular complexity index is 1210. The summed E-state index contributed by atoms with van der Waals surface area (Å²) < 4.78 is 5.53. The third-order valence-electron chi connectivity index (χ3n) is 5.62. The Balaban J connectivity index is 1.69. The second kappa shape index (κ2) is 9.14.